The van der Waals surface area contributed by atoms with Crippen LogP contribution in [-0.2, 0) is 17.8 Å². The fourth-order valence-corrected chi connectivity index (χ4v) is 3.67. The van der Waals surface area contributed by atoms with Gasteiger partial charge in [-0.25, -0.2) is 0 Å². The van der Waals surface area contributed by atoms with Crippen LogP contribution in [0.2, 0.25) is 0 Å². The van der Waals surface area contributed by atoms with Crippen molar-refractivity contribution < 1.29 is 14.3 Å². The Balaban J connectivity index is 1.64. The monoisotopic (exact) mass is 370 g/mol. The van der Waals surface area contributed by atoms with E-state index in [0.29, 0.717) is 30.3 Å². The molecule has 0 aromatic heterocycles. The van der Waals surface area contributed by atoms with Gasteiger partial charge in [-0.3, -0.25) is 14.7 Å². The summed E-state index contributed by atoms with van der Waals surface area (Å²) in [7, 11) is 3.25. The highest BCUT2D eigenvalue weighted by Crippen LogP contribution is 2.28. The van der Waals surface area contributed by atoms with Crippen molar-refractivity contribution in [1.29, 1.82) is 0 Å². The maximum absolute atomic E-state index is 12.2. The van der Waals surface area contributed by atoms with Crippen LogP contribution in [0.1, 0.15) is 11.1 Å². The predicted molar refractivity (Wildman–Crippen MR) is 105 cm³/mol. The molecule has 1 aliphatic heterocycles. The summed E-state index contributed by atoms with van der Waals surface area (Å²) in [5, 5.41) is 0.805. The molecule has 1 amide bonds. The summed E-state index contributed by atoms with van der Waals surface area (Å²) in [4.78, 5) is 18.6. The highest BCUT2D eigenvalue weighted by atomic mass is 32.2. The fraction of sp³-hybridized carbons (Fsp3) is 0.300. The smallest absolute Gasteiger partial charge is 0.239 e. The van der Waals surface area contributed by atoms with Crippen molar-refractivity contribution in [2.75, 3.05) is 26.5 Å². The standard InChI is InChI=1S/C20H22N2O3S/c1-24-17-9-8-15(12-18(17)25-2)10-11-21-20-22(19(23)14-26-20)13-16-6-4-3-5-7-16/h3-9,12H,10-11,13-14H2,1-2H3. The lowest BCUT2D eigenvalue weighted by Gasteiger charge is -2.16. The summed E-state index contributed by atoms with van der Waals surface area (Å²) in [6.07, 6.45) is 0.776. The summed E-state index contributed by atoms with van der Waals surface area (Å²) in [6, 6.07) is 15.9. The third-order valence-electron chi connectivity index (χ3n) is 4.14. The molecule has 2 aromatic carbocycles. The predicted octanol–water partition coefficient (Wildman–Crippen LogP) is 3.38. The Morgan fingerprint density at radius 1 is 1.04 bits per heavy atom. The molecule has 0 saturated carbocycles. The molecular formula is C20H22N2O3S. The van der Waals surface area contributed by atoms with Crippen LogP contribution in [0.15, 0.2) is 53.5 Å². The van der Waals surface area contributed by atoms with Crippen LogP contribution >= 0.6 is 11.8 Å². The number of hydrogen-bond acceptors (Lipinski definition) is 5. The van der Waals surface area contributed by atoms with E-state index < -0.39 is 0 Å². The first-order valence-electron chi connectivity index (χ1n) is 8.43. The number of aliphatic imine (C=N–C) groups is 1. The van der Waals surface area contributed by atoms with Gasteiger partial charge in [0.25, 0.3) is 0 Å². The summed E-state index contributed by atoms with van der Waals surface area (Å²) in [6.45, 7) is 1.19. The van der Waals surface area contributed by atoms with Crippen LogP contribution in [-0.4, -0.2) is 42.5 Å². The van der Waals surface area contributed by atoms with Gasteiger partial charge in [-0.15, -0.1) is 0 Å². The van der Waals surface area contributed by atoms with E-state index in [2.05, 4.69) is 4.99 Å². The molecule has 0 N–H and O–H groups in total. The van der Waals surface area contributed by atoms with Crippen LogP contribution in [0.5, 0.6) is 11.5 Å². The minimum Gasteiger partial charge on any atom is -0.493 e. The normalized spacial score (nSPS) is 15.5. The average molecular weight is 370 g/mol. The number of benzene rings is 2. The molecule has 26 heavy (non-hydrogen) atoms. The second kappa shape index (κ2) is 8.76. The largest absolute Gasteiger partial charge is 0.493 e. The summed E-state index contributed by atoms with van der Waals surface area (Å²) >= 11 is 1.51. The zero-order valence-electron chi connectivity index (χ0n) is 15.0. The molecule has 0 aliphatic carbocycles. The van der Waals surface area contributed by atoms with Crippen molar-refractivity contribution in [1.82, 2.24) is 4.90 Å². The highest BCUT2D eigenvalue weighted by Gasteiger charge is 2.27. The molecule has 1 heterocycles. The van der Waals surface area contributed by atoms with E-state index in [4.69, 9.17) is 9.47 Å². The Bertz CT molecular complexity index is 793. The molecule has 1 aliphatic rings. The molecule has 6 heteroatoms. The lowest BCUT2D eigenvalue weighted by molar-refractivity contribution is -0.124. The lowest BCUT2D eigenvalue weighted by Crippen LogP contribution is -2.29. The number of carbonyl (C=O) groups is 1. The molecule has 3 rings (SSSR count). The topological polar surface area (TPSA) is 51.1 Å². The van der Waals surface area contributed by atoms with Crippen LogP contribution < -0.4 is 9.47 Å². The molecular weight excluding hydrogens is 348 g/mol. The number of nitrogens with zero attached hydrogens (tertiary/aromatic N) is 2. The van der Waals surface area contributed by atoms with Crippen molar-refractivity contribution in [2.24, 2.45) is 4.99 Å². The van der Waals surface area contributed by atoms with Crippen molar-refractivity contribution in [3.63, 3.8) is 0 Å². The van der Waals surface area contributed by atoms with E-state index in [1.165, 1.54) is 11.8 Å². The number of amides is 1. The van der Waals surface area contributed by atoms with E-state index in [9.17, 15) is 4.79 Å². The van der Waals surface area contributed by atoms with Crippen LogP contribution in [0, 0.1) is 0 Å². The van der Waals surface area contributed by atoms with Crippen molar-refractivity contribution >= 4 is 22.8 Å². The van der Waals surface area contributed by atoms with Crippen LogP contribution in [0.25, 0.3) is 0 Å². The van der Waals surface area contributed by atoms with Gasteiger partial charge in [0, 0.05) is 6.54 Å². The van der Waals surface area contributed by atoms with Gasteiger partial charge in [0.1, 0.15) is 0 Å². The number of carbonyl (C=O) groups excluding carboxylic acids is 1. The minimum absolute atomic E-state index is 0.115. The van der Waals surface area contributed by atoms with Crippen molar-refractivity contribution in [3.05, 3.63) is 59.7 Å². The molecule has 0 radical (unpaired) electrons. The molecule has 0 bridgehead atoms. The summed E-state index contributed by atoms with van der Waals surface area (Å²) in [5.41, 5.74) is 2.23. The Labute approximate surface area is 158 Å². The second-order valence-corrected chi connectivity index (χ2v) is 6.80. The van der Waals surface area contributed by atoms with Gasteiger partial charge in [0.2, 0.25) is 5.91 Å². The SMILES string of the molecule is COc1ccc(CCN=C2SCC(=O)N2Cc2ccccc2)cc1OC. The van der Waals surface area contributed by atoms with Gasteiger partial charge in [-0.05, 0) is 29.7 Å². The third kappa shape index (κ3) is 4.38. The second-order valence-electron chi connectivity index (χ2n) is 5.86. The quantitative estimate of drug-likeness (QED) is 0.750. The maximum Gasteiger partial charge on any atom is 0.239 e. The lowest BCUT2D eigenvalue weighted by atomic mass is 10.1. The zero-order valence-corrected chi connectivity index (χ0v) is 15.8. The number of hydrogen-bond donors (Lipinski definition) is 0. The molecule has 1 fully saturated rings. The van der Waals surface area contributed by atoms with Gasteiger partial charge in [0.05, 0.1) is 26.5 Å². The van der Waals surface area contributed by atoms with E-state index in [0.717, 1.165) is 22.7 Å². The molecule has 0 atom stereocenters. The van der Waals surface area contributed by atoms with Gasteiger partial charge in [-0.2, -0.15) is 0 Å². The number of ether oxygens (including phenoxy) is 2. The molecule has 5 nitrogen and oxygen atoms in total. The zero-order chi connectivity index (χ0) is 18.4. The van der Waals surface area contributed by atoms with Crippen LogP contribution in [0.4, 0.5) is 0 Å². The first-order chi connectivity index (χ1) is 12.7. The average Bonchev–Trinajstić information content (AvgIpc) is 3.02. The van der Waals surface area contributed by atoms with Gasteiger partial charge in [-0.1, -0.05) is 48.2 Å². The van der Waals surface area contributed by atoms with Gasteiger partial charge in [0.15, 0.2) is 16.7 Å². The minimum atomic E-state index is 0.115. The van der Waals surface area contributed by atoms with Crippen molar-refractivity contribution in [3.8, 4) is 11.5 Å². The van der Waals surface area contributed by atoms with Crippen molar-refractivity contribution in [2.45, 2.75) is 13.0 Å². The first kappa shape index (κ1) is 18.3. The summed E-state index contributed by atoms with van der Waals surface area (Å²) < 4.78 is 10.6. The molecule has 2 aromatic rings. The van der Waals surface area contributed by atoms with E-state index >= 15 is 0 Å². The first-order valence-corrected chi connectivity index (χ1v) is 9.42. The number of rotatable bonds is 7. The molecule has 0 unspecified atom stereocenters. The van der Waals surface area contributed by atoms with Gasteiger partial charge >= 0.3 is 0 Å². The Hall–Kier alpha value is -2.47. The van der Waals surface area contributed by atoms with E-state index in [-0.39, 0.29) is 5.91 Å². The molecule has 0 spiro atoms. The van der Waals surface area contributed by atoms with E-state index in [1.807, 2.05) is 48.5 Å². The molecule has 1 saturated heterocycles. The summed E-state index contributed by atoms with van der Waals surface area (Å²) in [5.74, 6) is 2.01. The van der Waals surface area contributed by atoms with E-state index in [1.54, 1.807) is 19.1 Å². The highest BCUT2D eigenvalue weighted by molar-refractivity contribution is 8.15. The Kier molecular flexibility index (Phi) is 6.17. The van der Waals surface area contributed by atoms with Crippen LogP contribution in [0.3, 0.4) is 0 Å². The van der Waals surface area contributed by atoms with Gasteiger partial charge < -0.3 is 9.47 Å². The Morgan fingerprint density at radius 2 is 1.81 bits per heavy atom. The fourth-order valence-electron chi connectivity index (χ4n) is 2.76. The maximum atomic E-state index is 12.2. The number of thioether (sulfide) groups is 1. The number of amidine groups is 1. The molecule has 136 valence electrons. The third-order valence-corrected chi connectivity index (χ3v) is 5.13. The Morgan fingerprint density at radius 3 is 2.54 bits per heavy atom. The number of methoxy groups -OCH3 is 2.